The number of unbranched alkanes of at least 4 members (excludes halogenated alkanes) is 21. The molecular formula is C40H76O6. The van der Waals surface area contributed by atoms with Gasteiger partial charge < -0.3 is 14.2 Å². The Morgan fingerprint density at radius 1 is 0.435 bits per heavy atom. The Balaban J connectivity index is 4.22. The van der Waals surface area contributed by atoms with Crippen molar-refractivity contribution in [3.05, 3.63) is 0 Å². The summed E-state index contributed by atoms with van der Waals surface area (Å²) in [7, 11) is 0. The van der Waals surface area contributed by atoms with E-state index in [1.807, 2.05) is 0 Å². The van der Waals surface area contributed by atoms with Crippen LogP contribution in [-0.4, -0.2) is 37.2 Å². The van der Waals surface area contributed by atoms with Gasteiger partial charge >= 0.3 is 17.9 Å². The molecule has 0 saturated heterocycles. The second-order valence-electron chi connectivity index (χ2n) is 13.8. The highest BCUT2D eigenvalue weighted by Gasteiger charge is 2.19. The molecule has 272 valence electrons. The number of esters is 3. The van der Waals surface area contributed by atoms with Crippen molar-refractivity contribution in [3.8, 4) is 0 Å². The largest absolute Gasteiger partial charge is 0.462 e. The van der Waals surface area contributed by atoms with Crippen molar-refractivity contribution < 1.29 is 28.6 Å². The molecule has 0 N–H and O–H groups in total. The third-order valence-electron chi connectivity index (χ3n) is 9.15. The monoisotopic (exact) mass is 653 g/mol. The van der Waals surface area contributed by atoms with Gasteiger partial charge in [0.2, 0.25) is 0 Å². The lowest BCUT2D eigenvalue weighted by atomic mass is 10.00. The second kappa shape index (κ2) is 34.7. The first-order valence-corrected chi connectivity index (χ1v) is 19.9. The highest BCUT2D eigenvalue weighted by atomic mass is 16.6. The normalized spacial score (nSPS) is 12.5. The molecule has 0 rings (SSSR count). The summed E-state index contributed by atoms with van der Waals surface area (Å²) in [5.41, 5.74) is 0. The lowest BCUT2D eigenvalue weighted by Crippen LogP contribution is -2.30. The van der Waals surface area contributed by atoms with Crippen LogP contribution in [0.4, 0.5) is 0 Å². The Hall–Kier alpha value is -1.59. The summed E-state index contributed by atoms with van der Waals surface area (Å²) < 4.78 is 16.5. The van der Waals surface area contributed by atoms with Crippen LogP contribution in [0.2, 0.25) is 0 Å². The standard InChI is InChI=1S/C40H76O6/c1-5-8-10-12-13-14-15-16-17-18-19-24-27-31-38(41)44-34-37(46-40(43)33-29-22-11-9-6-2)35-45-39(42)32-28-25-21-20-23-26-30-36(4)7-3/h36-37H,5-35H2,1-4H3/t36?,37-/m1/s1. The first kappa shape index (κ1) is 44.4. The first-order chi connectivity index (χ1) is 22.4. The Bertz CT molecular complexity index is 693. The van der Waals surface area contributed by atoms with Crippen LogP contribution < -0.4 is 0 Å². The molecule has 0 aromatic rings. The van der Waals surface area contributed by atoms with Crippen LogP contribution in [0.15, 0.2) is 0 Å². The van der Waals surface area contributed by atoms with Gasteiger partial charge in [-0.15, -0.1) is 0 Å². The summed E-state index contributed by atoms with van der Waals surface area (Å²) in [6.45, 7) is 8.85. The van der Waals surface area contributed by atoms with Gasteiger partial charge in [0.1, 0.15) is 13.2 Å². The molecule has 0 heterocycles. The second-order valence-corrected chi connectivity index (χ2v) is 13.8. The van der Waals surface area contributed by atoms with Gasteiger partial charge in [0, 0.05) is 19.3 Å². The third-order valence-corrected chi connectivity index (χ3v) is 9.15. The predicted molar refractivity (Wildman–Crippen MR) is 192 cm³/mol. The van der Waals surface area contributed by atoms with Gasteiger partial charge in [0.25, 0.3) is 0 Å². The van der Waals surface area contributed by atoms with Crippen molar-refractivity contribution in [2.24, 2.45) is 5.92 Å². The topological polar surface area (TPSA) is 78.9 Å². The minimum Gasteiger partial charge on any atom is -0.462 e. The van der Waals surface area contributed by atoms with E-state index >= 15 is 0 Å². The molecule has 6 heteroatoms. The van der Waals surface area contributed by atoms with Gasteiger partial charge in [0.15, 0.2) is 6.10 Å². The lowest BCUT2D eigenvalue weighted by molar-refractivity contribution is -0.167. The lowest BCUT2D eigenvalue weighted by Gasteiger charge is -2.18. The van der Waals surface area contributed by atoms with Crippen molar-refractivity contribution in [1.29, 1.82) is 0 Å². The molecule has 0 aliphatic carbocycles. The van der Waals surface area contributed by atoms with E-state index in [1.165, 1.54) is 103 Å². The van der Waals surface area contributed by atoms with Gasteiger partial charge in [0.05, 0.1) is 0 Å². The molecule has 0 aromatic heterocycles. The average Bonchev–Trinajstić information content (AvgIpc) is 3.05. The van der Waals surface area contributed by atoms with E-state index in [1.54, 1.807) is 0 Å². The van der Waals surface area contributed by atoms with Crippen LogP contribution in [0.5, 0.6) is 0 Å². The van der Waals surface area contributed by atoms with Crippen LogP contribution in [0, 0.1) is 5.92 Å². The number of carbonyl (C=O) groups is 3. The molecule has 6 nitrogen and oxygen atoms in total. The molecule has 0 aliphatic rings. The molecule has 0 saturated carbocycles. The van der Waals surface area contributed by atoms with E-state index in [-0.39, 0.29) is 31.1 Å². The zero-order chi connectivity index (χ0) is 33.9. The summed E-state index contributed by atoms with van der Waals surface area (Å²) >= 11 is 0. The fourth-order valence-corrected chi connectivity index (χ4v) is 5.71. The minimum absolute atomic E-state index is 0.0667. The van der Waals surface area contributed by atoms with Crippen LogP contribution >= 0.6 is 0 Å². The predicted octanol–water partition coefficient (Wildman–Crippen LogP) is 12.0. The molecule has 46 heavy (non-hydrogen) atoms. The summed E-state index contributed by atoms with van der Waals surface area (Å²) in [5.74, 6) is -0.0653. The SMILES string of the molecule is CCCCCCCCCCCCCCCC(=O)OC[C@H](COC(=O)CCCCCCCCC(C)CC)OC(=O)CCCCCCC. The number of carbonyl (C=O) groups excluding carboxylic acids is 3. The molecule has 1 unspecified atom stereocenters. The van der Waals surface area contributed by atoms with Gasteiger partial charge in [-0.3, -0.25) is 14.4 Å². The van der Waals surface area contributed by atoms with E-state index in [9.17, 15) is 14.4 Å². The average molecular weight is 653 g/mol. The Kier molecular flexibility index (Phi) is 33.5. The molecule has 0 spiro atoms. The van der Waals surface area contributed by atoms with Crippen LogP contribution in [0.25, 0.3) is 0 Å². The number of hydrogen-bond acceptors (Lipinski definition) is 6. The molecule has 0 bridgehead atoms. The molecular weight excluding hydrogens is 576 g/mol. The Morgan fingerprint density at radius 2 is 0.761 bits per heavy atom. The van der Waals surface area contributed by atoms with Crippen molar-refractivity contribution >= 4 is 17.9 Å². The molecule has 0 radical (unpaired) electrons. The van der Waals surface area contributed by atoms with Crippen molar-refractivity contribution in [3.63, 3.8) is 0 Å². The fraction of sp³-hybridized carbons (Fsp3) is 0.925. The van der Waals surface area contributed by atoms with Gasteiger partial charge in [-0.1, -0.05) is 175 Å². The maximum absolute atomic E-state index is 12.5. The van der Waals surface area contributed by atoms with Gasteiger partial charge in [-0.25, -0.2) is 0 Å². The van der Waals surface area contributed by atoms with Crippen LogP contribution in [0.3, 0.4) is 0 Å². The van der Waals surface area contributed by atoms with E-state index < -0.39 is 6.10 Å². The molecule has 0 aliphatic heterocycles. The summed E-state index contributed by atoms with van der Waals surface area (Å²) in [4.78, 5) is 37.2. The zero-order valence-corrected chi connectivity index (χ0v) is 31.0. The maximum Gasteiger partial charge on any atom is 0.306 e. The molecule has 2 atom stereocenters. The minimum atomic E-state index is -0.756. The summed E-state index contributed by atoms with van der Waals surface area (Å²) in [5, 5.41) is 0. The van der Waals surface area contributed by atoms with Crippen molar-refractivity contribution in [2.45, 2.75) is 220 Å². The Labute approximate surface area is 285 Å². The first-order valence-electron chi connectivity index (χ1n) is 19.9. The molecule has 0 amide bonds. The van der Waals surface area contributed by atoms with E-state index in [4.69, 9.17) is 14.2 Å². The molecule has 0 fully saturated rings. The number of ether oxygens (including phenoxy) is 3. The van der Waals surface area contributed by atoms with Crippen LogP contribution in [-0.2, 0) is 28.6 Å². The van der Waals surface area contributed by atoms with E-state index in [0.29, 0.717) is 19.3 Å². The van der Waals surface area contributed by atoms with Gasteiger partial charge in [-0.2, -0.15) is 0 Å². The number of hydrogen-bond donors (Lipinski definition) is 0. The fourth-order valence-electron chi connectivity index (χ4n) is 5.71. The van der Waals surface area contributed by atoms with Crippen molar-refractivity contribution in [1.82, 2.24) is 0 Å². The Morgan fingerprint density at radius 3 is 1.13 bits per heavy atom. The maximum atomic E-state index is 12.5. The quantitative estimate of drug-likeness (QED) is 0.0385. The number of rotatable bonds is 35. The third kappa shape index (κ3) is 32.4. The molecule has 0 aromatic carbocycles. The summed E-state index contributed by atoms with van der Waals surface area (Å²) in [6, 6.07) is 0. The van der Waals surface area contributed by atoms with Crippen molar-refractivity contribution in [2.75, 3.05) is 13.2 Å². The van der Waals surface area contributed by atoms with Gasteiger partial charge in [-0.05, 0) is 25.2 Å². The van der Waals surface area contributed by atoms with E-state index in [2.05, 4.69) is 27.7 Å². The van der Waals surface area contributed by atoms with Crippen LogP contribution in [0.1, 0.15) is 214 Å². The summed E-state index contributed by atoms with van der Waals surface area (Å²) in [6.07, 6.45) is 31.2. The zero-order valence-electron chi connectivity index (χ0n) is 31.0. The highest BCUT2D eigenvalue weighted by molar-refractivity contribution is 5.71. The smallest absolute Gasteiger partial charge is 0.306 e. The highest BCUT2D eigenvalue weighted by Crippen LogP contribution is 2.16. The van der Waals surface area contributed by atoms with E-state index in [0.717, 1.165) is 70.1 Å².